The molecule has 0 saturated heterocycles. The van der Waals surface area contributed by atoms with Crippen LogP contribution in [0.15, 0.2) is 168 Å². The van der Waals surface area contributed by atoms with Gasteiger partial charge < -0.3 is 4.42 Å². The van der Waals surface area contributed by atoms with E-state index in [0.29, 0.717) is 0 Å². The Hall–Kier alpha value is -6.25. The van der Waals surface area contributed by atoms with Crippen molar-refractivity contribution in [2.24, 2.45) is 0 Å². The summed E-state index contributed by atoms with van der Waals surface area (Å²) in [5.41, 5.74) is 10.7. The molecular weight excluding hydrogens is 571 g/mol. The molecule has 0 unspecified atom stereocenters. The molecule has 2 heteroatoms. The van der Waals surface area contributed by atoms with Crippen molar-refractivity contribution < 1.29 is 4.42 Å². The molecule has 8 aromatic carbocycles. The first kappa shape index (κ1) is 26.0. The van der Waals surface area contributed by atoms with E-state index in [1.54, 1.807) is 0 Å². The van der Waals surface area contributed by atoms with Crippen molar-refractivity contribution in [1.29, 1.82) is 0 Å². The SMILES string of the molecule is c1ccc2cc(-c3c4ccccc4c(-c4ccc(-c5c6ccccc6nc6c5oc5ccccc56)cc4)c4ccccc34)ccc2c1. The number of rotatable bonds is 3. The molecular formula is C45H27NO. The zero-order valence-electron chi connectivity index (χ0n) is 25.4. The number of fused-ring (bicyclic) bond motifs is 7. The van der Waals surface area contributed by atoms with Gasteiger partial charge in [-0.25, -0.2) is 4.98 Å². The van der Waals surface area contributed by atoms with Crippen LogP contribution >= 0.6 is 0 Å². The van der Waals surface area contributed by atoms with E-state index in [4.69, 9.17) is 9.40 Å². The van der Waals surface area contributed by atoms with Crippen LogP contribution in [0.2, 0.25) is 0 Å². The van der Waals surface area contributed by atoms with Gasteiger partial charge in [0.15, 0.2) is 5.58 Å². The molecule has 10 rings (SSSR count). The largest absolute Gasteiger partial charge is 0.454 e. The standard InChI is InChI=1S/C45H27NO/c1-2-12-31-27-32(26-21-28(31)11-1)42-35-15-5-3-13-33(35)41(34-14-4-6-16-36(34)42)29-22-24-30(25-23-29)43-37-17-7-9-19-39(37)46-44-38-18-8-10-20-40(38)47-45(43)44/h1-27H. The van der Waals surface area contributed by atoms with Crippen LogP contribution in [0.3, 0.4) is 0 Å². The number of hydrogen-bond acceptors (Lipinski definition) is 2. The van der Waals surface area contributed by atoms with Crippen LogP contribution in [0.1, 0.15) is 0 Å². The lowest BCUT2D eigenvalue weighted by molar-refractivity contribution is 0.670. The van der Waals surface area contributed by atoms with Crippen molar-refractivity contribution >= 4 is 65.3 Å². The molecule has 2 heterocycles. The highest BCUT2D eigenvalue weighted by atomic mass is 16.3. The van der Waals surface area contributed by atoms with Gasteiger partial charge in [0.1, 0.15) is 11.1 Å². The Morgan fingerprint density at radius 3 is 1.53 bits per heavy atom. The lowest BCUT2D eigenvalue weighted by Gasteiger charge is -2.18. The van der Waals surface area contributed by atoms with E-state index in [1.807, 2.05) is 24.3 Å². The predicted molar refractivity (Wildman–Crippen MR) is 198 cm³/mol. The first-order chi connectivity index (χ1) is 23.3. The van der Waals surface area contributed by atoms with Crippen molar-refractivity contribution in [2.45, 2.75) is 0 Å². The number of aromatic nitrogens is 1. The minimum Gasteiger partial charge on any atom is -0.454 e. The summed E-state index contributed by atoms with van der Waals surface area (Å²) in [7, 11) is 0. The van der Waals surface area contributed by atoms with Crippen LogP contribution in [0.4, 0.5) is 0 Å². The van der Waals surface area contributed by atoms with Crippen LogP contribution in [0, 0.1) is 0 Å². The number of benzene rings is 8. The van der Waals surface area contributed by atoms with Crippen LogP contribution < -0.4 is 0 Å². The molecule has 0 aliphatic carbocycles. The van der Waals surface area contributed by atoms with E-state index in [9.17, 15) is 0 Å². The molecule has 0 spiro atoms. The molecule has 10 aromatic rings. The molecule has 2 nitrogen and oxygen atoms in total. The predicted octanol–water partition coefficient (Wildman–Crippen LogP) is 12.6. The molecule has 2 aromatic heterocycles. The number of pyridine rings is 1. The van der Waals surface area contributed by atoms with Crippen LogP contribution in [0.5, 0.6) is 0 Å². The fourth-order valence-electron chi connectivity index (χ4n) is 7.52. The average molecular weight is 598 g/mol. The summed E-state index contributed by atoms with van der Waals surface area (Å²) in [4.78, 5) is 5.04. The molecule has 218 valence electrons. The summed E-state index contributed by atoms with van der Waals surface area (Å²) in [5, 5.41) is 9.63. The van der Waals surface area contributed by atoms with Crippen LogP contribution in [-0.4, -0.2) is 4.98 Å². The summed E-state index contributed by atoms with van der Waals surface area (Å²) < 4.78 is 6.50. The Bertz CT molecular complexity index is 2780. The topological polar surface area (TPSA) is 26.0 Å². The highest BCUT2D eigenvalue weighted by molar-refractivity contribution is 6.22. The molecule has 0 saturated carbocycles. The first-order valence-corrected chi connectivity index (χ1v) is 16.1. The number of para-hydroxylation sites is 2. The monoisotopic (exact) mass is 597 g/mol. The van der Waals surface area contributed by atoms with Crippen LogP contribution in [0.25, 0.3) is 98.7 Å². The Morgan fingerprint density at radius 1 is 0.362 bits per heavy atom. The van der Waals surface area contributed by atoms with Gasteiger partial charge in [-0.05, 0) is 84.4 Å². The van der Waals surface area contributed by atoms with Gasteiger partial charge in [-0.2, -0.15) is 0 Å². The maximum atomic E-state index is 6.50. The van der Waals surface area contributed by atoms with Gasteiger partial charge in [0.2, 0.25) is 0 Å². The van der Waals surface area contributed by atoms with Crippen molar-refractivity contribution in [2.75, 3.05) is 0 Å². The van der Waals surface area contributed by atoms with Gasteiger partial charge in [0.25, 0.3) is 0 Å². The third-order valence-corrected chi connectivity index (χ3v) is 9.63. The number of furan rings is 1. The van der Waals surface area contributed by atoms with Gasteiger partial charge in [0, 0.05) is 16.3 Å². The number of nitrogens with zero attached hydrogens (tertiary/aromatic N) is 1. The molecule has 0 bridgehead atoms. The van der Waals surface area contributed by atoms with E-state index < -0.39 is 0 Å². The number of hydrogen-bond donors (Lipinski definition) is 0. The third kappa shape index (κ3) is 3.95. The first-order valence-electron chi connectivity index (χ1n) is 16.1. The van der Waals surface area contributed by atoms with E-state index >= 15 is 0 Å². The Labute approximate surface area is 271 Å². The van der Waals surface area contributed by atoms with Gasteiger partial charge in [-0.1, -0.05) is 140 Å². The minimum atomic E-state index is 0.827. The minimum absolute atomic E-state index is 0.827. The van der Waals surface area contributed by atoms with E-state index in [2.05, 4.69) is 140 Å². The van der Waals surface area contributed by atoms with Crippen molar-refractivity contribution in [1.82, 2.24) is 4.98 Å². The average Bonchev–Trinajstić information content (AvgIpc) is 3.51. The van der Waals surface area contributed by atoms with Crippen LogP contribution in [-0.2, 0) is 0 Å². The molecule has 0 radical (unpaired) electrons. The summed E-state index contributed by atoms with van der Waals surface area (Å²) in [6, 6.07) is 58.7. The lowest BCUT2D eigenvalue weighted by atomic mass is 9.85. The molecule has 0 aliphatic heterocycles. The lowest BCUT2D eigenvalue weighted by Crippen LogP contribution is -1.91. The highest BCUT2D eigenvalue weighted by Gasteiger charge is 2.19. The summed E-state index contributed by atoms with van der Waals surface area (Å²) in [6.07, 6.45) is 0. The van der Waals surface area contributed by atoms with Crippen molar-refractivity contribution in [3.05, 3.63) is 164 Å². The zero-order chi connectivity index (χ0) is 30.9. The Balaban J connectivity index is 1.21. The summed E-state index contributed by atoms with van der Waals surface area (Å²) >= 11 is 0. The summed E-state index contributed by atoms with van der Waals surface area (Å²) in [6.45, 7) is 0. The molecule has 0 amide bonds. The second kappa shape index (κ2) is 10.1. The van der Waals surface area contributed by atoms with Gasteiger partial charge in [0.05, 0.1) is 5.52 Å². The van der Waals surface area contributed by atoms with Gasteiger partial charge in [-0.15, -0.1) is 0 Å². The fraction of sp³-hybridized carbons (Fsp3) is 0. The quantitative estimate of drug-likeness (QED) is 0.189. The fourth-order valence-corrected chi connectivity index (χ4v) is 7.52. The third-order valence-electron chi connectivity index (χ3n) is 9.63. The molecule has 0 N–H and O–H groups in total. The molecule has 0 aliphatic rings. The maximum Gasteiger partial charge on any atom is 0.162 e. The van der Waals surface area contributed by atoms with Gasteiger partial charge >= 0.3 is 0 Å². The molecule has 0 fully saturated rings. The normalized spacial score (nSPS) is 11.8. The zero-order valence-corrected chi connectivity index (χ0v) is 25.4. The smallest absolute Gasteiger partial charge is 0.162 e. The van der Waals surface area contributed by atoms with E-state index in [-0.39, 0.29) is 0 Å². The van der Waals surface area contributed by atoms with E-state index in [1.165, 1.54) is 54.6 Å². The summed E-state index contributed by atoms with van der Waals surface area (Å²) in [5.74, 6) is 0. The Kier molecular flexibility index (Phi) is 5.61. The second-order valence-electron chi connectivity index (χ2n) is 12.3. The Morgan fingerprint density at radius 2 is 0.851 bits per heavy atom. The highest BCUT2D eigenvalue weighted by Crippen LogP contribution is 2.45. The van der Waals surface area contributed by atoms with Crippen molar-refractivity contribution in [3.8, 4) is 33.4 Å². The second-order valence-corrected chi connectivity index (χ2v) is 12.3. The maximum absolute atomic E-state index is 6.50. The van der Waals surface area contributed by atoms with E-state index in [0.717, 1.165) is 44.1 Å². The molecule has 0 atom stereocenters. The molecule has 47 heavy (non-hydrogen) atoms. The van der Waals surface area contributed by atoms with Crippen molar-refractivity contribution in [3.63, 3.8) is 0 Å². The van der Waals surface area contributed by atoms with Gasteiger partial charge in [-0.3, -0.25) is 0 Å².